The number of carbonyl (C=O) groups is 2. The zero-order valence-electron chi connectivity index (χ0n) is 16.3. The van der Waals surface area contributed by atoms with Gasteiger partial charge in [-0.2, -0.15) is 0 Å². The maximum Gasteiger partial charge on any atom is 0.269 e. The van der Waals surface area contributed by atoms with Gasteiger partial charge < -0.3 is 9.84 Å². The van der Waals surface area contributed by atoms with Crippen molar-refractivity contribution in [2.24, 2.45) is 0 Å². The molecule has 0 atom stereocenters. The zero-order chi connectivity index (χ0) is 21.5. The molecule has 0 aliphatic carbocycles. The van der Waals surface area contributed by atoms with E-state index < -0.39 is 11.8 Å². The Morgan fingerprint density at radius 2 is 1.73 bits per heavy atom. The molecule has 0 saturated heterocycles. The van der Waals surface area contributed by atoms with Crippen LogP contribution >= 0.6 is 11.6 Å². The number of rotatable bonds is 6. The van der Waals surface area contributed by atoms with E-state index >= 15 is 0 Å². The number of aromatic hydroxyl groups is 1. The summed E-state index contributed by atoms with van der Waals surface area (Å²) in [6.07, 6.45) is -0.0482. The fraction of sp³-hybridized carbons (Fsp3) is 0.130. The third kappa shape index (κ3) is 5.75. The topological polar surface area (TPSA) is 87.7 Å². The molecule has 0 unspecified atom stereocenters. The van der Waals surface area contributed by atoms with E-state index in [0.29, 0.717) is 28.5 Å². The number of phenols is 1. The van der Waals surface area contributed by atoms with Crippen LogP contribution in [-0.2, 0) is 17.8 Å². The molecule has 3 rings (SSSR count). The number of hydrogen-bond donors (Lipinski definition) is 3. The Kier molecular flexibility index (Phi) is 6.93. The summed E-state index contributed by atoms with van der Waals surface area (Å²) < 4.78 is 5.74. The number of halogens is 1. The van der Waals surface area contributed by atoms with Gasteiger partial charge in [-0.3, -0.25) is 20.4 Å². The van der Waals surface area contributed by atoms with Gasteiger partial charge >= 0.3 is 0 Å². The fourth-order valence-corrected chi connectivity index (χ4v) is 2.82. The number of para-hydroxylation sites is 1. The van der Waals surface area contributed by atoms with E-state index in [0.717, 1.165) is 11.1 Å². The van der Waals surface area contributed by atoms with E-state index in [1.807, 2.05) is 13.0 Å². The standard InChI is InChI=1S/C23H21ClN2O4/c1-15-12-19(10-11-20(15)24)30-14-16-6-8-17(9-7-16)23(29)26-25-22(28)13-18-4-2-3-5-21(18)27/h2-12,27H,13-14H2,1H3,(H,25,28)(H,26,29). The third-order valence-corrected chi connectivity index (χ3v) is 4.83. The summed E-state index contributed by atoms with van der Waals surface area (Å²) in [5, 5.41) is 10.4. The maximum atomic E-state index is 12.2. The Bertz CT molecular complexity index is 1050. The molecule has 3 N–H and O–H groups in total. The van der Waals surface area contributed by atoms with Crippen molar-refractivity contribution >= 4 is 23.4 Å². The Morgan fingerprint density at radius 3 is 2.43 bits per heavy atom. The highest BCUT2D eigenvalue weighted by atomic mass is 35.5. The van der Waals surface area contributed by atoms with E-state index in [-0.39, 0.29) is 12.2 Å². The van der Waals surface area contributed by atoms with Gasteiger partial charge in [0.1, 0.15) is 18.1 Å². The van der Waals surface area contributed by atoms with Crippen molar-refractivity contribution < 1.29 is 19.4 Å². The molecule has 0 aliphatic rings. The first kappa shape index (κ1) is 21.2. The molecule has 3 aromatic rings. The predicted molar refractivity (Wildman–Crippen MR) is 114 cm³/mol. The number of carbonyl (C=O) groups excluding carboxylic acids is 2. The lowest BCUT2D eigenvalue weighted by atomic mass is 10.1. The normalized spacial score (nSPS) is 10.3. The van der Waals surface area contributed by atoms with E-state index in [4.69, 9.17) is 16.3 Å². The van der Waals surface area contributed by atoms with Crippen molar-refractivity contribution in [3.8, 4) is 11.5 Å². The van der Waals surface area contributed by atoms with Crippen LogP contribution in [0.15, 0.2) is 66.7 Å². The number of nitrogens with one attached hydrogen (secondary N) is 2. The second-order valence-corrected chi connectivity index (χ2v) is 7.11. The number of ether oxygens (including phenoxy) is 1. The molecular weight excluding hydrogens is 404 g/mol. The van der Waals surface area contributed by atoms with Gasteiger partial charge in [-0.15, -0.1) is 0 Å². The molecule has 6 nitrogen and oxygen atoms in total. The molecule has 3 aromatic carbocycles. The van der Waals surface area contributed by atoms with Crippen molar-refractivity contribution in [3.05, 3.63) is 94.0 Å². The van der Waals surface area contributed by atoms with Gasteiger partial charge in [0.25, 0.3) is 5.91 Å². The minimum Gasteiger partial charge on any atom is -0.508 e. The molecular formula is C23H21ClN2O4. The van der Waals surface area contributed by atoms with Crippen molar-refractivity contribution in [2.45, 2.75) is 20.0 Å². The summed E-state index contributed by atoms with van der Waals surface area (Å²) >= 11 is 6.01. The molecule has 0 aromatic heterocycles. The summed E-state index contributed by atoms with van der Waals surface area (Å²) in [6.45, 7) is 2.25. The van der Waals surface area contributed by atoms with Gasteiger partial charge in [0.15, 0.2) is 0 Å². The largest absolute Gasteiger partial charge is 0.508 e. The van der Waals surface area contributed by atoms with Crippen LogP contribution in [0.2, 0.25) is 5.02 Å². The third-order valence-electron chi connectivity index (χ3n) is 4.41. The number of amides is 2. The van der Waals surface area contributed by atoms with Gasteiger partial charge in [0, 0.05) is 16.1 Å². The quantitative estimate of drug-likeness (QED) is 0.523. The van der Waals surface area contributed by atoms with Crippen LogP contribution in [0.4, 0.5) is 0 Å². The Morgan fingerprint density at radius 1 is 1.00 bits per heavy atom. The second-order valence-electron chi connectivity index (χ2n) is 6.70. The van der Waals surface area contributed by atoms with Crippen molar-refractivity contribution in [2.75, 3.05) is 0 Å². The number of benzene rings is 3. The van der Waals surface area contributed by atoms with E-state index in [1.165, 1.54) is 6.07 Å². The number of aryl methyl sites for hydroxylation is 1. The molecule has 30 heavy (non-hydrogen) atoms. The van der Waals surface area contributed by atoms with Crippen LogP contribution in [0.25, 0.3) is 0 Å². The lowest BCUT2D eigenvalue weighted by Gasteiger charge is -2.10. The monoisotopic (exact) mass is 424 g/mol. The molecule has 0 fully saturated rings. The predicted octanol–water partition coefficient (Wildman–Crippen LogP) is 3.94. The summed E-state index contributed by atoms with van der Waals surface area (Å²) in [5.41, 5.74) is 7.40. The van der Waals surface area contributed by atoms with Gasteiger partial charge in [-0.1, -0.05) is 41.9 Å². The first-order valence-corrected chi connectivity index (χ1v) is 9.64. The van der Waals surface area contributed by atoms with Crippen LogP contribution in [0, 0.1) is 6.92 Å². The molecule has 2 amide bonds. The Labute approximate surface area is 179 Å². The van der Waals surface area contributed by atoms with E-state index in [2.05, 4.69) is 10.9 Å². The lowest BCUT2D eigenvalue weighted by molar-refractivity contribution is -0.121. The number of phenolic OH excluding ortho intramolecular Hbond substituents is 1. The zero-order valence-corrected chi connectivity index (χ0v) is 17.1. The van der Waals surface area contributed by atoms with Crippen LogP contribution in [0.1, 0.15) is 27.0 Å². The van der Waals surface area contributed by atoms with Crippen LogP contribution in [-0.4, -0.2) is 16.9 Å². The molecule has 0 aliphatic heterocycles. The second kappa shape index (κ2) is 9.80. The fourth-order valence-electron chi connectivity index (χ4n) is 2.70. The smallest absolute Gasteiger partial charge is 0.269 e. The van der Waals surface area contributed by atoms with Gasteiger partial charge in [-0.25, -0.2) is 0 Å². The van der Waals surface area contributed by atoms with Gasteiger partial charge in [0.2, 0.25) is 5.91 Å². The first-order valence-electron chi connectivity index (χ1n) is 9.26. The van der Waals surface area contributed by atoms with Crippen molar-refractivity contribution in [1.29, 1.82) is 0 Å². The average molecular weight is 425 g/mol. The highest BCUT2D eigenvalue weighted by Gasteiger charge is 2.10. The highest BCUT2D eigenvalue weighted by molar-refractivity contribution is 6.31. The first-order chi connectivity index (χ1) is 14.4. The van der Waals surface area contributed by atoms with Gasteiger partial charge in [-0.05, 0) is 54.4 Å². The van der Waals surface area contributed by atoms with E-state index in [9.17, 15) is 14.7 Å². The van der Waals surface area contributed by atoms with Gasteiger partial charge in [0.05, 0.1) is 6.42 Å². The summed E-state index contributed by atoms with van der Waals surface area (Å²) in [7, 11) is 0. The Hall–Kier alpha value is -3.51. The minimum absolute atomic E-state index is 0.0329. The summed E-state index contributed by atoms with van der Waals surface area (Å²) in [4.78, 5) is 24.2. The molecule has 7 heteroatoms. The Balaban J connectivity index is 1.49. The van der Waals surface area contributed by atoms with Crippen LogP contribution in [0.3, 0.4) is 0 Å². The molecule has 0 spiro atoms. The highest BCUT2D eigenvalue weighted by Crippen LogP contribution is 2.22. The van der Waals surface area contributed by atoms with Crippen LogP contribution in [0.5, 0.6) is 11.5 Å². The molecule has 0 saturated carbocycles. The molecule has 154 valence electrons. The van der Waals surface area contributed by atoms with E-state index in [1.54, 1.807) is 54.6 Å². The number of hydrogen-bond acceptors (Lipinski definition) is 4. The lowest BCUT2D eigenvalue weighted by Crippen LogP contribution is -2.42. The van der Waals surface area contributed by atoms with Crippen molar-refractivity contribution in [3.63, 3.8) is 0 Å². The molecule has 0 heterocycles. The maximum absolute atomic E-state index is 12.2. The average Bonchev–Trinajstić information content (AvgIpc) is 2.75. The minimum atomic E-state index is -0.443. The van der Waals surface area contributed by atoms with Crippen LogP contribution < -0.4 is 15.6 Å². The summed E-state index contributed by atoms with van der Waals surface area (Å²) in [5.74, 6) is -0.133. The summed E-state index contributed by atoms with van der Waals surface area (Å²) in [6, 6.07) is 18.8. The molecule has 0 bridgehead atoms. The van der Waals surface area contributed by atoms with Crippen molar-refractivity contribution in [1.82, 2.24) is 10.9 Å². The molecule has 0 radical (unpaired) electrons. The SMILES string of the molecule is Cc1cc(OCc2ccc(C(=O)NNC(=O)Cc3ccccc3O)cc2)ccc1Cl. The number of hydrazine groups is 1.